The van der Waals surface area contributed by atoms with Crippen LogP contribution in [0.25, 0.3) is 21.5 Å². The second kappa shape index (κ2) is 5.48. The number of phenols is 2. The molecule has 0 heterocycles. The van der Waals surface area contributed by atoms with Gasteiger partial charge < -0.3 is 15.3 Å². The Morgan fingerprint density at radius 1 is 0.850 bits per heavy atom. The van der Waals surface area contributed by atoms with E-state index in [0.29, 0.717) is 0 Å². The number of aliphatic carboxylic acids is 1. The molecule has 0 aliphatic carbocycles. The van der Waals surface area contributed by atoms with E-state index in [-0.39, 0.29) is 11.5 Å². The fourth-order valence-electron chi connectivity index (χ4n) is 2.03. The molecule has 4 heteroatoms. The number of carbonyl (C=O) groups is 1. The first-order chi connectivity index (χ1) is 9.49. The van der Waals surface area contributed by atoms with Crippen LogP contribution in [-0.4, -0.2) is 21.3 Å². The highest BCUT2D eigenvalue weighted by Crippen LogP contribution is 2.33. The van der Waals surface area contributed by atoms with E-state index in [1.54, 1.807) is 12.1 Å². The standard InChI is InChI=1S/C14H10O2.C2H4O2/c15-13-7-10-6-5-9-3-1-2-4-11(9)12(10)8-14(13)16;1-2(3)4/h1-8,15-16H;1H3,(H,3,4). The lowest BCUT2D eigenvalue weighted by Gasteiger charge is -2.05. The molecule has 0 aromatic heterocycles. The zero-order valence-corrected chi connectivity index (χ0v) is 10.9. The van der Waals surface area contributed by atoms with Gasteiger partial charge in [-0.25, -0.2) is 0 Å². The van der Waals surface area contributed by atoms with Crippen LogP contribution in [0.1, 0.15) is 6.92 Å². The molecule has 0 atom stereocenters. The minimum atomic E-state index is -0.833. The number of fused-ring (bicyclic) bond motifs is 3. The topological polar surface area (TPSA) is 77.8 Å². The first-order valence-corrected chi connectivity index (χ1v) is 6.02. The summed E-state index contributed by atoms with van der Waals surface area (Å²) in [5, 5.41) is 30.5. The monoisotopic (exact) mass is 270 g/mol. The van der Waals surface area contributed by atoms with E-state index >= 15 is 0 Å². The second-order valence-electron chi connectivity index (χ2n) is 4.37. The highest BCUT2D eigenvalue weighted by molar-refractivity contribution is 6.08. The third-order valence-corrected chi connectivity index (χ3v) is 2.84. The summed E-state index contributed by atoms with van der Waals surface area (Å²) in [6.07, 6.45) is 0. The van der Waals surface area contributed by atoms with Crippen LogP contribution in [0.4, 0.5) is 0 Å². The largest absolute Gasteiger partial charge is 0.504 e. The molecular weight excluding hydrogens is 256 g/mol. The molecule has 102 valence electrons. The third-order valence-electron chi connectivity index (χ3n) is 2.84. The zero-order chi connectivity index (χ0) is 14.7. The predicted molar refractivity (Wildman–Crippen MR) is 78.1 cm³/mol. The van der Waals surface area contributed by atoms with Crippen molar-refractivity contribution in [3.63, 3.8) is 0 Å². The number of carboxylic acid groups (broad SMARTS) is 1. The van der Waals surface area contributed by atoms with Gasteiger partial charge in [-0.05, 0) is 33.7 Å². The zero-order valence-electron chi connectivity index (χ0n) is 10.9. The highest BCUT2D eigenvalue weighted by Gasteiger charge is 2.04. The van der Waals surface area contributed by atoms with E-state index < -0.39 is 5.97 Å². The molecule has 0 saturated heterocycles. The average Bonchev–Trinajstić information content (AvgIpc) is 2.40. The molecular formula is C16H14O4. The Bertz CT molecular complexity index is 774. The first-order valence-electron chi connectivity index (χ1n) is 6.02. The molecule has 3 rings (SSSR count). The summed E-state index contributed by atoms with van der Waals surface area (Å²) in [4.78, 5) is 9.00. The molecule has 4 nitrogen and oxygen atoms in total. The van der Waals surface area contributed by atoms with Gasteiger partial charge in [-0.15, -0.1) is 0 Å². The smallest absolute Gasteiger partial charge is 0.300 e. The lowest BCUT2D eigenvalue weighted by Crippen LogP contribution is -1.78. The molecule has 0 spiro atoms. The normalized spacial score (nSPS) is 10.1. The number of benzene rings is 3. The van der Waals surface area contributed by atoms with Gasteiger partial charge in [0.25, 0.3) is 5.97 Å². The number of hydrogen-bond acceptors (Lipinski definition) is 3. The summed E-state index contributed by atoms with van der Waals surface area (Å²) in [5.74, 6) is -0.994. The first kappa shape index (κ1) is 13.7. The van der Waals surface area contributed by atoms with Gasteiger partial charge in [-0.2, -0.15) is 0 Å². The van der Waals surface area contributed by atoms with Crippen molar-refractivity contribution in [2.24, 2.45) is 0 Å². The van der Waals surface area contributed by atoms with Crippen molar-refractivity contribution in [2.45, 2.75) is 6.92 Å². The van der Waals surface area contributed by atoms with Crippen molar-refractivity contribution in [1.29, 1.82) is 0 Å². The maximum atomic E-state index is 9.53. The van der Waals surface area contributed by atoms with E-state index in [4.69, 9.17) is 9.90 Å². The minimum Gasteiger partial charge on any atom is -0.504 e. The van der Waals surface area contributed by atoms with Crippen molar-refractivity contribution in [1.82, 2.24) is 0 Å². The predicted octanol–water partition coefficient (Wildman–Crippen LogP) is 3.50. The Morgan fingerprint density at radius 2 is 1.40 bits per heavy atom. The van der Waals surface area contributed by atoms with Gasteiger partial charge in [-0.3, -0.25) is 4.79 Å². The van der Waals surface area contributed by atoms with Crippen molar-refractivity contribution < 1.29 is 20.1 Å². The molecule has 20 heavy (non-hydrogen) atoms. The fourth-order valence-corrected chi connectivity index (χ4v) is 2.03. The maximum absolute atomic E-state index is 9.53. The van der Waals surface area contributed by atoms with Crippen LogP contribution in [0.15, 0.2) is 48.5 Å². The molecule has 3 aromatic rings. The van der Waals surface area contributed by atoms with Gasteiger partial charge in [0.2, 0.25) is 0 Å². The number of phenolic OH excluding ortho intramolecular Hbond substituents is 2. The van der Waals surface area contributed by atoms with E-state index in [9.17, 15) is 10.2 Å². The Balaban J connectivity index is 0.000000328. The van der Waals surface area contributed by atoms with Crippen LogP contribution >= 0.6 is 0 Å². The van der Waals surface area contributed by atoms with Gasteiger partial charge in [0, 0.05) is 6.92 Å². The van der Waals surface area contributed by atoms with Gasteiger partial charge >= 0.3 is 0 Å². The van der Waals surface area contributed by atoms with Crippen LogP contribution in [-0.2, 0) is 4.79 Å². The Kier molecular flexibility index (Phi) is 3.75. The molecule has 0 aliphatic rings. The van der Waals surface area contributed by atoms with Crippen LogP contribution in [0.3, 0.4) is 0 Å². The molecule has 0 aliphatic heterocycles. The van der Waals surface area contributed by atoms with Crippen LogP contribution in [0.2, 0.25) is 0 Å². The summed E-state index contributed by atoms with van der Waals surface area (Å²) < 4.78 is 0. The quantitative estimate of drug-likeness (QED) is 0.431. The molecule has 0 radical (unpaired) electrons. The molecule has 0 fully saturated rings. The van der Waals surface area contributed by atoms with Gasteiger partial charge in [0.15, 0.2) is 11.5 Å². The Hall–Kier alpha value is -2.75. The third kappa shape index (κ3) is 2.80. The second-order valence-corrected chi connectivity index (χ2v) is 4.37. The van der Waals surface area contributed by atoms with E-state index in [0.717, 1.165) is 28.5 Å². The summed E-state index contributed by atoms with van der Waals surface area (Å²) >= 11 is 0. The summed E-state index contributed by atoms with van der Waals surface area (Å²) in [7, 11) is 0. The molecule has 0 bridgehead atoms. The van der Waals surface area contributed by atoms with Crippen molar-refractivity contribution >= 4 is 27.5 Å². The Morgan fingerprint density at radius 3 is 2.10 bits per heavy atom. The molecule has 0 amide bonds. The van der Waals surface area contributed by atoms with Crippen molar-refractivity contribution in [2.75, 3.05) is 0 Å². The van der Waals surface area contributed by atoms with Crippen molar-refractivity contribution in [3.8, 4) is 11.5 Å². The van der Waals surface area contributed by atoms with Crippen LogP contribution in [0, 0.1) is 0 Å². The fraction of sp³-hybridized carbons (Fsp3) is 0.0625. The van der Waals surface area contributed by atoms with Gasteiger partial charge in [0.05, 0.1) is 0 Å². The highest BCUT2D eigenvalue weighted by atomic mass is 16.4. The molecule has 0 saturated carbocycles. The summed E-state index contributed by atoms with van der Waals surface area (Å²) in [5.41, 5.74) is 0. The lowest BCUT2D eigenvalue weighted by atomic mass is 10.0. The van der Waals surface area contributed by atoms with E-state index in [1.807, 2.05) is 36.4 Å². The number of carboxylic acids is 1. The molecule has 0 unspecified atom stereocenters. The SMILES string of the molecule is CC(=O)O.Oc1cc2ccc3ccccc3c2cc1O. The van der Waals surface area contributed by atoms with E-state index in [1.165, 1.54) is 0 Å². The maximum Gasteiger partial charge on any atom is 0.300 e. The number of hydrogen-bond donors (Lipinski definition) is 3. The van der Waals surface area contributed by atoms with E-state index in [2.05, 4.69) is 0 Å². The molecule has 3 N–H and O–H groups in total. The van der Waals surface area contributed by atoms with Crippen molar-refractivity contribution in [3.05, 3.63) is 48.5 Å². The summed E-state index contributed by atoms with van der Waals surface area (Å²) in [6, 6.07) is 15.1. The molecule has 3 aromatic carbocycles. The minimum absolute atomic E-state index is 0.0798. The summed E-state index contributed by atoms with van der Waals surface area (Å²) in [6.45, 7) is 1.08. The van der Waals surface area contributed by atoms with Gasteiger partial charge in [0.1, 0.15) is 0 Å². The number of rotatable bonds is 0. The van der Waals surface area contributed by atoms with Crippen LogP contribution < -0.4 is 0 Å². The van der Waals surface area contributed by atoms with Gasteiger partial charge in [-0.1, -0.05) is 36.4 Å². The number of aromatic hydroxyl groups is 2. The Labute approximate surface area is 115 Å². The van der Waals surface area contributed by atoms with Crippen LogP contribution in [0.5, 0.6) is 11.5 Å². The average molecular weight is 270 g/mol. The lowest BCUT2D eigenvalue weighted by molar-refractivity contribution is -0.134.